The highest BCUT2D eigenvalue weighted by atomic mass is 32.1. The Morgan fingerprint density at radius 3 is 2.86 bits per heavy atom. The molecular weight excluding hydrogens is 198 g/mol. The van der Waals surface area contributed by atoms with E-state index in [0.29, 0.717) is 10.4 Å². The van der Waals surface area contributed by atoms with Gasteiger partial charge < -0.3 is 5.11 Å². The zero-order chi connectivity index (χ0) is 10.1. The van der Waals surface area contributed by atoms with Crippen LogP contribution < -0.4 is 0 Å². The Morgan fingerprint density at radius 1 is 1.43 bits per heavy atom. The summed E-state index contributed by atoms with van der Waals surface area (Å²) in [5.74, 6) is -0.926. The standard InChI is InChI=1S/C10H5NO2S/c11-5-6-1-2-8-7(3-6)4-9(14-8)10(12)13/h1-4H,(H,12,13). The number of aromatic carboxylic acids is 1. The lowest BCUT2D eigenvalue weighted by Gasteiger charge is -1.87. The van der Waals surface area contributed by atoms with E-state index in [4.69, 9.17) is 10.4 Å². The minimum absolute atomic E-state index is 0.301. The van der Waals surface area contributed by atoms with Crippen molar-refractivity contribution in [2.45, 2.75) is 0 Å². The topological polar surface area (TPSA) is 61.1 Å². The number of carboxylic acids is 1. The van der Waals surface area contributed by atoms with E-state index in [2.05, 4.69) is 0 Å². The van der Waals surface area contributed by atoms with Crippen molar-refractivity contribution < 1.29 is 9.90 Å². The van der Waals surface area contributed by atoms with Crippen LogP contribution >= 0.6 is 11.3 Å². The molecule has 0 atom stereocenters. The molecule has 0 aliphatic rings. The molecule has 1 aromatic heterocycles. The minimum atomic E-state index is -0.926. The molecular formula is C10H5NO2S. The second-order valence-electron chi connectivity index (χ2n) is 2.78. The first-order chi connectivity index (χ1) is 6.70. The molecule has 0 amide bonds. The third-order valence-corrected chi connectivity index (χ3v) is 2.96. The number of hydrogen-bond acceptors (Lipinski definition) is 3. The van der Waals surface area contributed by atoms with Gasteiger partial charge in [-0.3, -0.25) is 0 Å². The van der Waals surface area contributed by atoms with Gasteiger partial charge in [0.1, 0.15) is 4.88 Å². The van der Waals surface area contributed by atoms with Crippen LogP contribution in [-0.4, -0.2) is 11.1 Å². The van der Waals surface area contributed by atoms with Crippen LogP contribution in [0.3, 0.4) is 0 Å². The van der Waals surface area contributed by atoms with Gasteiger partial charge in [-0.1, -0.05) is 0 Å². The summed E-state index contributed by atoms with van der Waals surface area (Å²) in [6.07, 6.45) is 0. The Bertz CT molecular complexity index is 551. The molecule has 0 radical (unpaired) electrons. The molecule has 1 N–H and O–H groups in total. The van der Waals surface area contributed by atoms with Crippen molar-refractivity contribution in [2.24, 2.45) is 0 Å². The third-order valence-electron chi connectivity index (χ3n) is 1.86. The molecule has 2 rings (SSSR count). The number of hydrogen-bond donors (Lipinski definition) is 1. The number of nitrogens with zero attached hydrogens (tertiary/aromatic N) is 1. The van der Waals surface area contributed by atoms with E-state index in [1.807, 2.05) is 6.07 Å². The van der Waals surface area contributed by atoms with Crippen LogP contribution in [0.1, 0.15) is 15.2 Å². The number of nitriles is 1. The Labute approximate surface area is 83.8 Å². The zero-order valence-corrected chi connectivity index (χ0v) is 7.84. The Kier molecular flexibility index (Phi) is 1.95. The maximum atomic E-state index is 10.7. The van der Waals surface area contributed by atoms with Crippen molar-refractivity contribution in [1.29, 1.82) is 5.26 Å². The first-order valence-electron chi connectivity index (χ1n) is 3.87. The van der Waals surface area contributed by atoms with Crippen LogP contribution in [0.4, 0.5) is 0 Å². The lowest BCUT2D eigenvalue weighted by molar-refractivity contribution is 0.0702. The quantitative estimate of drug-likeness (QED) is 0.774. The molecule has 0 fully saturated rings. The number of fused-ring (bicyclic) bond motifs is 1. The maximum Gasteiger partial charge on any atom is 0.345 e. The second kappa shape index (κ2) is 3.13. The van der Waals surface area contributed by atoms with Crippen molar-refractivity contribution in [2.75, 3.05) is 0 Å². The van der Waals surface area contributed by atoms with Gasteiger partial charge in [0.2, 0.25) is 0 Å². The summed E-state index contributed by atoms with van der Waals surface area (Å²) in [5, 5.41) is 18.2. The highest BCUT2D eigenvalue weighted by Crippen LogP contribution is 2.26. The predicted molar refractivity (Wildman–Crippen MR) is 53.5 cm³/mol. The second-order valence-corrected chi connectivity index (χ2v) is 3.86. The summed E-state index contributed by atoms with van der Waals surface area (Å²) in [6, 6.07) is 8.75. The summed E-state index contributed by atoms with van der Waals surface area (Å²) >= 11 is 1.22. The van der Waals surface area contributed by atoms with Crippen molar-refractivity contribution in [3.63, 3.8) is 0 Å². The maximum absolute atomic E-state index is 10.7. The molecule has 0 saturated carbocycles. The van der Waals surface area contributed by atoms with Crippen molar-refractivity contribution in [3.05, 3.63) is 34.7 Å². The van der Waals surface area contributed by atoms with Crippen LogP contribution in [-0.2, 0) is 0 Å². The van der Waals surface area contributed by atoms with Crippen LogP contribution in [0, 0.1) is 11.3 Å². The summed E-state index contributed by atoms with van der Waals surface area (Å²) in [7, 11) is 0. The fourth-order valence-electron chi connectivity index (χ4n) is 1.22. The third kappa shape index (κ3) is 1.34. The lowest BCUT2D eigenvalue weighted by atomic mass is 10.2. The van der Waals surface area contributed by atoms with Gasteiger partial charge in [0.15, 0.2) is 0 Å². The molecule has 1 heterocycles. The van der Waals surface area contributed by atoms with Crippen molar-refractivity contribution >= 4 is 27.4 Å². The molecule has 0 aliphatic carbocycles. The van der Waals surface area contributed by atoms with Gasteiger partial charge in [0, 0.05) is 4.70 Å². The van der Waals surface area contributed by atoms with Gasteiger partial charge in [-0.25, -0.2) is 4.79 Å². The number of carbonyl (C=O) groups is 1. The summed E-state index contributed by atoms with van der Waals surface area (Å²) < 4.78 is 0.890. The molecule has 0 aliphatic heterocycles. The Balaban J connectivity index is 2.67. The fourth-order valence-corrected chi connectivity index (χ4v) is 2.10. The highest BCUT2D eigenvalue weighted by Gasteiger charge is 2.08. The van der Waals surface area contributed by atoms with E-state index in [1.54, 1.807) is 24.3 Å². The van der Waals surface area contributed by atoms with Gasteiger partial charge in [0.25, 0.3) is 0 Å². The van der Waals surface area contributed by atoms with E-state index in [1.165, 1.54) is 11.3 Å². The van der Waals surface area contributed by atoms with Gasteiger partial charge >= 0.3 is 5.97 Å². The number of thiophene rings is 1. The Morgan fingerprint density at radius 2 is 2.21 bits per heavy atom. The van der Waals surface area contributed by atoms with E-state index < -0.39 is 5.97 Å². The van der Waals surface area contributed by atoms with Crippen LogP contribution in [0.25, 0.3) is 10.1 Å². The fraction of sp³-hybridized carbons (Fsp3) is 0. The average Bonchev–Trinajstić information content (AvgIpc) is 2.59. The van der Waals surface area contributed by atoms with Crippen LogP contribution in [0.5, 0.6) is 0 Å². The molecule has 0 unspecified atom stereocenters. The van der Waals surface area contributed by atoms with Crippen LogP contribution in [0.15, 0.2) is 24.3 Å². The van der Waals surface area contributed by atoms with E-state index in [9.17, 15) is 4.79 Å². The molecule has 0 bridgehead atoms. The van der Waals surface area contributed by atoms with Crippen LogP contribution in [0.2, 0.25) is 0 Å². The van der Waals surface area contributed by atoms with E-state index in [0.717, 1.165) is 10.1 Å². The molecule has 14 heavy (non-hydrogen) atoms. The van der Waals surface area contributed by atoms with Crippen molar-refractivity contribution in [3.8, 4) is 6.07 Å². The first kappa shape index (κ1) is 8.73. The lowest BCUT2D eigenvalue weighted by Crippen LogP contribution is -1.89. The van der Waals surface area contributed by atoms with Gasteiger partial charge in [-0.2, -0.15) is 5.26 Å². The average molecular weight is 203 g/mol. The van der Waals surface area contributed by atoms with E-state index >= 15 is 0 Å². The Hall–Kier alpha value is -1.86. The highest BCUT2D eigenvalue weighted by molar-refractivity contribution is 7.20. The smallest absolute Gasteiger partial charge is 0.345 e. The SMILES string of the molecule is N#Cc1ccc2sc(C(=O)O)cc2c1. The summed E-state index contributed by atoms with van der Waals surface area (Å²) in [5.41, 5.74) is 0.548. The summed E-state index contributed by atoms with van der Waals surface area (Å²) in [6.45, 7) is 0. The van der Waals surface area contributed by atoms with E-state index in [-0.39, 0.29) is 0 Å². The molecule has 1 aromatic carbocycles. The van der Waals surface area contributed by atoms with Gasteiger partial charge in [0.05, 0.1) is 11.6 Å². The number of carboxylic acid groups (broad SMARTS) is 1. The normalized spacial score (nSPS) is 9.93. The molecule has 0 saturated heterocycles. The molecule has 4 heteroatoms. The largest absolute Gasteiger partial charge is 0.477 e. The predicted octanol–water partition coefficient (Wildman–Crippen LogP) is 2.47. The zero-order valence-electron chi connectivity index (χ0n) is 7.02. The van der Waals surface area contributed by atoms with Gasteiger partial charge in [-0.05, 0) is 29.7 Å². The summed E-state index contributed by atoms with van der Waals surface area (Å²) in [4.78, 5) is 11.0. The number of benzene rings is 1. The molecule has 68 valence electrons. The monoisotopic (exact) mass is 203 g/mol. The number of rotatable bonds is 1. The molecule has 2 aromatic rings. The molecule has 0 spiro atoms. The van der Waals surface area contributed by atoms with Gasteiger partial charge in [-0.15, -0.1) is 11.3 Å². The minimum Gasteiger partial charge on any atom is -0.477 e. The van der Waals surface area contributed by atoms with Crippen molar-refractivity contribution in [1.82, 2.24) is 0 Å². The molecule has 3 nitrogen and oxygen atoms in total. The first-order valence-corrected chi connectivity index (χ1v) is 4.69.